The lowest BCUT2D eigenvalue weighted by Crippen LogP contribution is -2.47. The number of carbonyl (C=O) groups excluding carboxylic acids is 1. The molecule has 4 rings (SSSR count). The van der Waals surface area contributed by atoms with Gasteiger partial charge >= 0.3 is 0 Å². The number of fused-ring (bicyclic) bond motifs is 1. The van der Waals surface area contributed by atoms with E-state index in [4.69, 9.17) is 0 Å². The number of aliphatic hydroxyl groups is 1. The number of imidazole rings is 1. The van der Waals surface area contributed by atoms with Gasteiger partial charge < -0.3 is 15.4 Å². The average molecular weight is 472 g/mol. The van der Waals surface area contributed by atoms with E-state index in [1.807, 2.05) is 0 Å². The maximum atomic E-state index is 13.9. The molecule has 0 aliphatic carbocycles. The molecule has 2 atom stereocenters. The maximum absolute atomic E-state index is 13.9. The number of halogens is 4. The van der Waals surface area contributed by atoms with Crippen molar-refractivity contribution in [1.82, 2.24) is 14.3 Å². The number of amides is 1. The molecule has 1 aliphatic heterocycles. The fourth-order valence-corrected chi connectivity index (χ4v) is 4.92. The number of sulfonamides is 1. The Hall–Kier alpha value is -3.03. The number of nitrogens with one attached hydrogen (secondary N) is 2. The Balaban J connectivity index is 1.71. The lowest BCUT2D eigenvalue weighted by atomic mass is 10.1. The van der Waals surface area contributed by atoms with Gasteiger partial charge in [0.05, 0.1) is 33.9 Å². The molecule has 2 unspecified atom stereocenters. The van der Waals surface area contributed by atoms with Gasteiger partial charge in [-0.25, -0.2) is 31.0 Å². The van der Waals surface area contributed by atoms with Gasteiger partial charge in [0.15, 0.2) is 17.5 Å². The molecule has 0 saturated carbocycles. The Morgan fingerprint density at radius 2 is 1.88 bits per heavy atom. The lowest BCUT2D eigenvalue weighted by Gasteiger charge is -2.31. The summed E-state index contributed by atoms with van der Waals surface area (Å²) in [6.07, 6.45) is -1.92. The van der Waals surface area contributed by atoms with E-state index in [-0.39, 0.29) is 34.5 Å². The Kier molecular flexibility index (Phi) is 5.65. The molecule has 1 aromatic heterocycles. The van der Waals surface area contributed by atoms with Gasteiger partial charge in [-0.05, 0) is 18.6 Å². The quantitative estimate of drug-likeness (QED) is 0.398. The number of piperidine rings is 1. The molecule has 2 heterocycles. The summed E-state index contributed by atoms with van der Waals surface area (Å²) in [5.74, 6) is -5.68. The Morgan fingerprint density at radius 3 is 2.53 bits per heavy atom. The number of carbonyl (C=O) groups is 1. The molecular formula is C19H16F4N4O4S. The number of rotatable bonds is 4. The van der Waals surface area contributed by atoms with Crippen LogP contribution in [0, 0.1) is 17.5 Å². The largest absolute Gasteiger partial charge is 0.390 e. The van der Waals surface area contributed by atoms with Gasteiger partial charge in [0, 0.05) is 30.9 Å². The zero-order valence-electron chi connectivity index (χ0n) is 16.1. The van der Waals surface area contributed by atoms with Gasteiger partial charge in [-0.1, -0.05) is 0 Å². The highest BCUT2D eigenvalue weighted by Gasteiger charge is 2.35. The monoisotopic (exact) mass is 472 g/mol. The molecule has 1 aliphatic rings. The summed E-state index contributed by atoms with van der Waals surface area (Å²) in [4.78, 5) is 19.1. The highest BCUT2D eigenvalue weighted by molar-refractivity contribution is 7.89. The van der Waals surface area contributed by atoms with Crippen LogP contribution in [0.5, 0.6) is 0 Å². The molecule has 1 fully saturated rings. The van der Waals surface area contributed by atoms with Gasteiger partial charge in [-0.2, -0.15) is 4.31 Å². The van der Waals surface area contributed by atoms with Crippen LogP contribution in [0.3, 0.4) is 0 Å². The van der Waals surface area contributed by atoms with Crippen molar-refractivity contribution in [3.8, 4) is 0 Å². The molecule has 32 heavy (non-hydrogen) atoms. The fourth-order valence-electron chi connectivity index (χ4n) is 3.41. The van der Waals surface area contributed by atoms with Crippen molar-refractivity contribution in [2.45, 2.75) is 23.6 Å². The predicted molar refractivity (Wildman–Crippen MR) is 105 cm³/mol. The summed E-state index contributed by atoms with van der Waals surface area (Å²) in [6, 6.07) is 3.34. The van der Waals surface area contributed by atoms with Crippen LogP contribution in [0.25, 0.3) is 11.0 Å². The normalized spacial score (nSPS) is 19.9. The minimum atomic E-state index is -4.26. The summed E-state index contributed by atoms with van der Waals surface area (Å²) in [5, 5.41) is 11.7. The molecule has 0 radical (unpaired) electrons. The minimum absolute atomic E-state index is 0.0971. The number of aromatic amines is 1. The highest BCUT2D eigenvalue weighted by atomic mass is 32.2. The van der Waals surface area contributed by atoms with Crippen LogP contribution in [0.15, 0.2) is 35.5 Å². The van der Waals surface area contributed by atoms with E-state index in [1.54, 1.807) is 0 Å². The Morgan fingerprint density at radius 1 is 1.19 bits per heavy atom. The molecule has 13 heteroatoms. The first-order chi connectivity index (χ1) is 15.1. The van der Waals surface area contributed by atoms with Gasteiger partial charge in [0.25, 0.3) is 5.91 Å². The molecule has 3 aromatic rings. The zero-order chi connectivity index (χ0) is 23.2. The summed E-state index contributed by atoms with van der Waals surface area (Å²) < 4.78 is 80.9. The van der Waals surface area contributed by atoms with Gasteiger partial charge in [0.2, 0.25) is 10.0 Å². The number of hydrogen-bond donors (Lipinski definition) is 3. The smallest absolute Gasteiger partial charge is 0.257 e. The first-order valence-corrected chi connectivity index (χ1v) is 10.8. The van der Waals surface area contributed by atoms with Crippen molar-refractivity contribution in [2.24, 2.45) is 0 Å². The SMILES string of the molecule is O=C(Nc1cc(F)c(F)c(F)c1)c1cc(S(=O)(=O)N2CCC(O)C(F)C2)cc2nc[nH]c12. The van der Waals surface area contributed by atoms with Gasteiger partial charge in [-0.15, -0.1) is 0 Å². The zero-order valence-corrected chi connectivity index (χ0v) is 17.0. The van der Waals surface area contributed by atoms with E-state index in [1.165, 1.54) is 12.4 Å². The van der Waals surface area contributed by atoms with Crippen LogP contribution in [-0.4, -0.2) is 59.1 Å². The molecule has 0 spiro atoms. The van der Waals surface area contributed by atoms with Gasteiger partial charge in [-0.3, -0.25) is 4.79 Å². The molecular weight excluding hydrogens is 456 g/mol. The first-order valence-electron chi connectivity index (χ1n) is 9.33. The summed E-state index contributed by atoms with van der Waals surface area (Å²) >= 11 is 0. The Labute approximate surface area is 178 Å². The molecule has 170 valence electrons. The molecule has 3 N–H and O–H groups in total. The molecule has 1 saturated heterocycles. The van der Waals surface area contributed by atoms with E-state index in [0.717, 1.165) is 10.4 Å². The molecule has 2 aromatic carbocycles. The first kappa shape index (κ1) is 22.2. The van der Waals surface area contributed by atoms with Crippen LogP contribution in [0.1, 0.15) is 16.8 Å². The van der Waals surface area contributed by atoms with Crippen molar-refractivity contribution < 1.29 is 35.9 Å². The standard InChI is InChI=1S/C19H16F4N4O4S/c20-12-3-9(4-13(21)17(12)23)26-19(29)11-5-10(6-15-18(11)25-8-24-15)32(30,31)27-2-1-16(28)14(22)7-27/h3-6,8,14,16,28H,1-2,7H2,(H,24,25)(H,26,29). The van der Waals surface area contributed by atoms with E-state index >= 15 is 0 Å². The minimum Gasteiger partial charge on any atom is -0.390 e. The second kappa shape index (κ2) is 8.15. The number of aliphatic hydroxyl groups excluding tert-OH is 1. The number of hydrogen-bond acceptors (Lipinski definition) is 5. The average Bonchev–Trinajstić information content (AvgIpc) is 3.21. The fraction of sp³-hybridized carbons (Fsp3) is 0.263. The maximum Gasteiger partial charge on any atom is 0.257 e. The van der Waals surface area contributed by atoms with Crippen molar-refractivity contribution >= 4 is 32.7 Å². The molecule has 1 amide bonds. The van der Waals surface area contributed by atoms with Crippen LogP contribution in [0.4, 0.5) is 23.2 Å². The van der Waals surface area contributed by atoms with E-state index in [0.29, 0.717) is 12.1 Å². The van der Waals surface area contributed by atoms with Crippen molar-refractivity contribution in [3.63, 3.8) is 0 Å². The number of nitrogens with zero attached hydrogens (tertiary/aromatic N) is 2. The Bertz CT molecular complexity index is 1290. The van der Waals surface area contributed by atoms with E-state index < -0.39 is 57.9 Å². The highest BCUT2D eigenvalue weighted by Crippen LogP contribution is 2.27. The van der Waals surface area contributed by atoms with Crippen molar-refractivity contribution in [2.75, 3.05) is 18.4 Å². The number of benzene rings is 2. The third kappa shape index (κ3) is 3.94. The predicted octanol–water partition coefficient (Wildman–Crippen LogP) is 2.33. The molecule has 0 bridgehead atoms. The van der Waals surface area contributed by atoms with Crippen LogP contribution < -0.4 is 5.32 Å². The van der Waals surface area contributed by atoms with Crippen LogP contribution >= 0.6 is 0 Å². The summed E-state index contributed by atoms with van der Waals surface area (Å²) in [5.41, 5.74) is -0.376. The molecule has 8 nitrogen and oxygen atoms in total. The summed E-state index contributed by atoms with van der Waals surface area (Å²) in [7, 11) is -4.26. The van der Waals surface area contributed by atoms with E-state index in [2.05, 4.69) is 15.3 Å². The van der Waals surface area contributed by atoms with Crippen molar-refractivity contribution in [1.29, 1.82) is 0 Å². The lowest BCUT2D eigenvalue weighted by molar-refractivity contribution is 0.0303. The summed E-state index contributed by atoms with van der Waals surface area (Å²) in [6.45, 7) is -0.685. The topological polar surface area (TPSA) is 115 Å². The second-order valence-electron chi connectivity index (χ2n) is 7.21. The van der Waals surface area contributed by atoms with Gasteiger partial charge in [0.1, 0.15) is 6.17 Å². The number of H-pyrrole nitrogens is 1. The third-order valence-electron chi connectivity index (χ3n) is 5.10. The number of anilines is 1. The van der Waals surface area contributed by atoms with Crippen LogP contribution in [0.2, 0.25) is 0 Å². The number of alkyl halides is 1. The van der Waals surface area contributed by atoms with Crippen LogP contribution in [-0.2, 0) is 10.0 Å². The number of aromatic nitrogens is 2. The van der Waals surface area contributed by atoms with Crippen molar-refractivity contribution in [3.05, 3.63) is 53.6 Å². The second-order valence-corrected chi connectivity index (χ2v) is 9.15. The van der Waals surface area contributed by atoms with E-state index in [9.17, 15) is 35.9 Å². The third-order valence-corrected chi connectivity index (χ3v) is 6.94.